The van der Waals surface area contributed by atoms with Crippen molar-refractivity contribution in [1.82, 2.24) is 5.32 Å². The van der Waals surface area contributed by atoms with Crippen LogP contribution in [0.15, 0.2) is 0 Å². The Hall–Kier alpha value is 0.180. The molecule has 1 atom stereocenters. The molecule has 1 N–H and O–H groups in total. The SMILES string of the molecule is CC(Cl)CCNCCCF. The van der Waals surface area contributed by atoms with E-state index in [9.17, 15) is 4.39 Å². The zero-order chi connectivity index (χ0) is 7.82. The number of halogens is 2. The minimum Gasteiger partial charge on any atom is -0.317 e. The lowest BCUT2D eigenvalue weighted by molar-refractivity contribution is 0.458. The van der Waals surface area contributed by atoms with Gasteiger partial charge < -0.3 is 5.32 Å². The normalized spacial score (nSPS) is 13.5. The predicted molar refractivity (Wildman–Crippen MR) is 43.4 cm³/mol. The summed E-state index contributed by atoms with van der Waals surface area (Å²) in [6, 6.07) is 0. The summed E-state index contributed by atoms with van der Waals surface area (Å²) in [5, 5.41) is 3.31. The van der Waals surface area contributed by atoms with Gasteiger partial charge in [0.25, 0.3) is 0 Å². The summed E-state index contributed by atoms with van der Waals surface area (Å²) >= 11 is 5.68. The van der Waals surface area contributed by atoms with Crippen LogP contribution in [0.4, 0.5) is 4.39 Å². The monoisotopic (exact) mass is 167 g/mol. The Morgan fingerprint density at radius 2 is 2.20 bits per heavy atom. The molecule has 1 nitrogen and oxygen atoms in total. The van der Waals surface area contributed by atoms with Gasteiger partial charge in [0.2, 0.25) is 0 Å². The first-order valence-electron chi connectivity index (χ1n) is 3.68. The van der Waals surface area contributed by atoms with Crippen LogP contribution in [0.5, 0.6) is 0 Å². The fourth-order valence-corrected chi connectivity index (χ4v) is 0.727. The van der Waals surface area contributed by atoms with E-state index in [-0.39, 0.29) is 12.1 Å². The van der Waals surface area contributed by atoms with Crippen molar-refractivity contribution >= 4 is 11.6 Å². The topological polar surface area (TPSA) is 12.0 Å². The molecule has 0 saturated heterocycles. The van der Waals surface area contributed by atoms with Crippen molar-refractivity contribution in [1.29, 1.82) is 0 Å². The van der Waals surface area contributed by atoms with Crippen molar-refractivity contribution in [2.75, 3.05) is 19.8 Å². The summed E-state index contributed by atoms with van der Waals surface area (Å²) in [6.07, 6.45) is 1.56. The molecule has 0 fully saturated rings. The first kappa shape index (κ1) is 10.2. The van der Waals surface area contributed by atoms with Crippen LogP contribution in [-0.4, -0.2) is 25.1 Å². The molecule has 0 aliphatic heterocycles. The number of nitrogens with one attached hydrogen (secondary N) is 1. The van der Waals surface area contributed by atoms with E-state index < -0.39 is 0 Å². The summed E-state index contributed by atoms with van der Waals surface area (Å²) in [5.74, 6) is 0. The Balaban J connectivity index is 2.77. The second-order valence-electron chi connectivity index (χ2n) is 2.36. The van der Waals surface area contributed by atoms with E-state index in [4.69, 9.17) is 11.6 Å². The van der Waals surface area contributed by atoms with Gasteiger partial charge in [-0.25, -0.2) is 0 Å². The fourth-order valence-electron chi connectivity index (χ4n) is 0.618. The summed E-state index contributed by atoms with van der Waals surface area (Å²) in [7, 11) is 0. The molecule has 1 unspecified atom stereocenters. The Bertz CT molecular complexity index is 68.6. The lowest BCUT2D eigenvalue weighted by atomic mass is 10.3. The Labute approximate surface area is 66.9 Å². The molecule has 0 radical (unpaired) electrons. The average Bonchev–Trinajstić information content (AvgIpc) is 1.87. The van der Waals surface area contributed by atoms with Gasteiger partial charge in [-0.1, -0.05) is 0 Å². The van der Waals surface area contributed by atoms with Gasteiger partial charge in [-0.2, -0.15) is 0 Å². The average molecular weight is 168 g/mol. The van der Waals surface area contributed by atoms with Crippen LogP contribution in [0.2, 0.25) is 0 Å². The second kappa shape index (κ2) is 7.29. The van der Waals surface area contributed by atoms with E-state index in [0.29, 0.717) is 6.42 Å². The fraction of sp³-hybridized carbons (Fsp3) is 1.00. The van der Waals surface area contributed by atoms with Crippen LogP contribution in [0.1, 0.15) is 19.8 Å². The third-order valence-electron chi connectivity index (χ3n) is 1.21. The molecule has 0 heterocycles. The van der Waals surface area contributed by atoms with Crippen molar-refractivity contribution in [2.24, 2.45) is 0 Å². The van der Waals surface area contributed by atoms with Gasteiger partial charge in [-0.05, 0) is 32.9 Å². The van der Waals surface area contributed by atoms with Crippen LogP contribution < -0.4 is 5.32 Å². The first-order valence-corrected chi connectivity index (χ1v) is 4.11. The molecule has 0 saturated carbocycles. The van der Waals surface area contributed by atoms with Crippen LogP contribution in [0.3, 0.4) is 0 Å². The molecular formula is C7H15ClFN. The van der Waals surface area contributed by atoms with E-state index in [1.807, 2.05) is 6.92 Å². The number of hydrogen-bond acceptors (Lipinski definition) is 1. The molecule has 0 aliphatic carbocycles. The van der Waals surface area contributed by atoms with Crippen LogP contribution in [0.25, 0.3) is 0 Å². The van der Waals surface area contributed by atoms with Gasteiger partial charge in [0, 0.05) is 5.38 Å². The molecule has 0 aliphatic rings. The first-order chi connectivity index (χ1) is 4.77. The van der Waals surface area contributed by atoms with Crippen molar-refractivity contribution in [2.45, 2.75) is 25.1 Å². The maximum atomic E-state index is 11.5. The minimum absolute atomic E-state index is 0.220. The molecular weight excluding hydrogens is 153 g/mol. The van der Waals surface area contributed by atoms with Gasteiger partial charge in [-0.3, -0.25) is 4.39 Å². The highest BCUT2D eigenvalue weighted by atomic mass is 35.5. The van der Waals surface area contributed by atoms with E-state index in [2.05, 4.69) is 5.32 Å². The highest BCUT2D eigenvalue weighted by molar-refractivity contribution is 6.20. The van der Waals surface area contributed by atoms with Crippen LogP contribution >= 0.6 is 11.6 Å². The van der Waals surface area contributed by atoms with Gasteiger partial charge in [0.05, 0.1) is 6.67 Å². The van der Waals surface area contributed by atoms with E-state index in [0.717, 1.165) is 19.5 Å². The maximum Gasteiger partial charge on any atom is 0.0906 e. The van der Waals surface area contributed by atoms with E-state index in [1.165, 1.54) is 0 Å². The summed E-state index contributed by atoms with van der Waals surface area (Å²) < 4.78 is 11.5. The number of hydrogen-bond donors (Lipinski definition) is 1. The van der Waals surface area contributed by atoms with Gasteiger partial charge in [0.1, 0.15) is 0 Å². The van der Waals surface area contributed by atoms with Crippen LogP contribution in [0, 0.1) is 0 Å². The quantitative estimate of drug-likeness (QED) is 0.471. The van der Waals surface area contributed by atoms with Crippen molar-refractivity contribution in [3.63, 3.8) is 0 Å². The zero-order valence-corrected chi connectivity index (χ0v) is 7.12. The molecule has 0 aromatic heterocycles. The number of rotatable bonds is 6. The molecule has 0 aromatic carbocycles. The van der Waals surface area contributed by atoms with Gasteiger partial charge >= 0.3 is 0 Å². The molecule has 0 spiro atoms. The molecule has 0 aromatic rings. The maximum absolute atomic E-state index is 11.5. The van der Waals surface area contributed by atoms with Crippen molar-refractivity contribution in [3.05, 3.63) is 0 Å². The lowest BCUT2D eigenvalue weighted by Crippen LogP contribution is -2.19. The molecule has 10 heavy (non-hydrogen) atoms. The smallest absolute Gasteiger partial charge is 0.0906 e. The molecule has 0 bridgehead atoms. The molecule has 3 heteroatoms. The Morgan fingerprint density at radius 1 is 1.50 bits per heavy atom. The molecule has 62 valence electrons. The summed E-state index contributed by atoms with van der Waals surface area (Å²) in [5.41, 5.74) is 0. The third kappa shape index (κ3) is 8.18. The second-order valence-corrected chi connectivity index (χ2v) is 3.11. The standard InChI is InChI=1S/C7H15ClFN/c1-7(8)3-6-10-5-2-4-9/h7,10H,2-6H2,1H3. The molecule has 0 amide bonds. The van der Waals surface area contributed by atoms with E-state index >= 15 is 0 Å². The lowest BCUT2D eigenvalue weighted by Gasteiger charge is -2.03. The Morgan fingerprint density at radius 3 is 2.70 bits per heavy atom. The largest absolute Gasteiger partial charge is 0.317 e. The van der Waals surface area contributed by atoms with Gasteiger partial charge in [-0.15, -0.1) is 11.6 Å². The highest BCUT2D eigenvalue weighted by Gasteiger charge is 1.93. The molecule has 0 rings (SSSR count). The minimum atomic E-state index is -0.233. The summed E-state index contributed by atoms with van der Waals surface area (Å²) in [6.45, 7) is 3.38. The Kier molecular flexibility index (Phi) is 7.42. The van der Waals surface area contributed by atoms with Crippen molar-refractivity contribution < 1.29 is 4.39 Å². The third-order valence-corrected chi connectivity index (χ3v) is 1.42. The van der Waals surface area contributed by atoms with Gasteiger partial charge in [0.15, 0.2) is 0 Å². The predicted octanol–water partition coefficient (Wildman–Crippen LogP) is 1.95. The highest BCUT2D eigenvalue weighted by Crippen LogP contribution is 1.96. The van der Waals surface area contributed by atoms with Crippen molar-refractivity contribution in [3.8, 4) is 0 Å². The zero-order valence-electron chi connectivity index (χ0n) is 6.37. The summed E-state index contributed by atoms with van der Waals surface area (Å²) in [4.78, 5) is 0. The number of alkyl halides is 2. The van der Waals surface area contributed by atoms with E-state index in [1.54, 1.807) is 0 Å². The van der Waals surface area contributed by atoms with Crippen LogP contribution in [-0.2, 0) is 0 Å².